The Bertz CT molecular complexity index is 195. The number of carbonyl (C=O) groups is 1. The molecule has 0 aromatic heterocycles. The van der Waals surface area contributed by atoms with Crippen molar-refractivity contribution in [3.8, 4) is 0 Å². The molecule has 1 aliphatic rings. The van der Waals surface area contributed by atoms with Gasteiger partial charge in [0.1, 0.15) is 0 Å². The highest BCUT2D eigenvalue weighted by molar-refractivity contribution is 6.61. The summed E-state index contributed by atoms with van der Waals surface area (Å²) < 4.78 is 15.9. The van der Waals surface area contributed by atoms with Crippen molar-refractivity contribution in [2.24, 2.45) is 0 Å². The zero-order chi connectivity index (χ0) is 9.90. The number of amides is 1. The van der Waals surface area contributed by atoms with Crippen molar-refractivity contribution < 1.29 is 18.1 Å². The first-order chi connectivity index (χ1) is 6.13. The number of hydrogen-bond acceptors (Lipinski definition) is 4. The average Bonchev–Trinajstić information content (AvgIpc) is 2.18. The molecule has 13 heavy (non-hydrogen) atoms. The number of rotatable bonds is 2. The fraction of sp³-hybridized carbons (Fsp3) is 0.857. The monoisotopic (exact) mass is 205 g/mol. The van der Waals surface area contributed by atoms with Gasteiger partial charge in [-0.15, -0.1) is 0 Å². The Hall–Kier alpha value is -0.433. The van der Waals surface area contributed by atoms with Crippen LogP contribution in [0, 0.1) is 0 Å². The lowest BCUT2D eigenvalue weighted by Gasteiger charge is -2.36. The van der Waals surface area contributed by atoms with E-state index in [1.165, 1.54) is 6.92 Å². The van der Waals surface area contributed by atoms with Gasteiger partial charge in [0.05, 0.1) is 12.8 Å². The molecular weight excluding hydrogens is 190 g/mol. The standard InChI is InChI=1S/C7H15NO4Si/c1-7(9)8-4-5-12-13(6-8,10-2)11-3/h4-6H2,1-3H3. The van der Waals surface area contributed by atoms with Gasteiger partial charge >= 0.3 is 8.80 Å². The number of hydrogen-bond donors (Lipinski definition) is 0. The summed E-state index contributed by atoms with van der Waals surface area (Å²) >= 11 is 0. The van der Waals surface area contributed by atoms with E-state index in [0.29, 0.717) is 19.3 Å². The Balaban J connectivity index is 2.63. The van der Waals surface area contributed by atoms with Crippen LogP contribution in [0.1, 0.15) is 6.92 Å². The fourth-order valence-electron chi connectivity index (χ4n) is 1.27. The Labute approximate surface area is 78.9 Å². The SMILES string of the molecule is CO[Si]1(OC)CN(C(C)=O)CCO1. The van der Waals surface area contributed by atoms with Crippen molar-refractivity contribution in [3.63, 3.8) is 0 Å². The van der Waals surface area contributed by atoms with Crippen LogP contribution in [0.4, 0.5) is 0 Å². The second-order valence-electron chi connectivity index (χ2n) is 2.88. The second-order valence-corrected chi connectivity index (χ2v) is 5.67. The molecule has 0 N–H and O–H groups in total. The van der Waals surface area contributed by atoms with Crippen molar-refractivity contribution in [2.45, 2.75) is 6.92 Å². The lowest BCUT2D eigenvalue weighted by molar-refractivity contribution is -0.130. The molecule has 0 radical (unpaired) electrons. The molecule has 1 amide bonds. The van der Waals surface area contributed by atoms with E-state index in [4.69, 9.17) is 13.3 Å². The molecule has 0 unspecified atom stereocenters. The molecule has 0 bridgehead atoms. The molecular formula is C7H15NO4Si. The van der Waals surface area contributed by atoms with Crippen LogP contribution in [0.25, 0.3) is 0 Å². The van der Waals surface area contributed by atoms with E-state index >= 15 is 0 Å². The normalized spacial score (nSPS) is 21.6. The van der Waals surface area contributed by atoms with E-state index in [-0.39, 0.29) is 5.91 Å². The van der Waals surface area contributed by atoms with Gasteiger partial charge in [-0.05, 0) is 0 Å². The van der Waals surface area contributed by atoms with Crippen LogP contribution in [0.3, 0.4) is 0 Å². The van der Waals surface area contributed by atoms with Gasteiger partial charge in [-0.25, -0.2) is 0 Å². The molecule has 0 atom stereocenters. The molecule has 0 aliphatic carbocycles. The second kappa shape index (κ2) is 4.19. The molecule has 6 heteroatoms. The van der Waals surface area contributed by atoms with Gasteiger partial charge in [-0.1, -0.05) is 0 Å². The van der Waals surface area contributed by atoms with E-state index in [9.17, 15) is 4.79 Å². The molecule has 1 aliphatic heterocycles. The quantitative estimate of drug-likeness (QED) is 0.577. The van der Waals surface area contributed by atoms with Crippen molar-refractivity contribution in [1.82, 2.24) is 4.90 Å². The molecule has 0 aromatic carbocycles. The first-order valence-electron chi connectivity index (χ1n) is 4.13. The van der Waals surface area contributed by atoms with Crippen LogP contribution in [-0.2, 0) is 18.1 Å². The maximum atomic E-state index is 11.1. The van der Waals surface area contributed by atoms with Crippen molar-refractivity contribution >= 4 is 14.7 Å². The van der Waals surface area contributed by atoms with Crippen LogP contribution in [-0.4, -0.2) is 53.2 Å². The molecule has 1 saturated heterocycles. The molecule has 76 valence electrons. The number of carbonyl (C=O) groups excluding carboxylic acids is 1. The predicted octanol–water partition coefficient (Wildman–Crippen LogP) is -0.364. The lowest BCUT2D eigenvalue weighted by Crippen LogP contribution is -2.60. The fourth-order valence-corrected chi connectivity index (χ4v) is 3.27. The van der Waals surface area contributed by atoms with Crippen LogP contribution in [0.15, 0.2) is 0 Å². The minimum absolute atomic E-state index is 0.0364. The molecule has 0 aromatic rings. The summed E-state index contributed by atoms with van der Waals surface area (Å²) in [5.41, 5.74) is 0. The maximum absolute atomic E-state index is 11.1. The molecule has 5 nitrogen and oxygen atoms in total. The van der Waals surface area contributed by atoms with E-state index in [1.54, 1.807) is 19.1 Å². The summed E-state index contributed by atoms with van der Waals surface area (Å²) in [5.74, 6) is 0.0364. The van der Waals surface area contributed by atoms with Gasteiger partial charge in [0.2, 0.25) is 5.91 Å². The zero-order valence-corrected chi connectivity index (χ0v) is 9.20. The van der Waals surface area contributed by atoms with Crippen molar-refractivity contribution in [3.05, 3.63) is 0 Å². The third-order valence-corrected chi connectivity index (χ3v) is 4.79. The average molecular weight is 205 g/mol. The van der Waals surface area contributed by atoms with Gasteiger partial charge in [-0.2, -0.15) is 0 Å². The molecule has 0 spiro atoms. The Morgan fingerprint density at radius 3 is 2.54 bits per heavy atom. The van der Waals surface area contributed by atoms with Crippen LogP contribution < -0.4 is 0 Å². The molecule has 1 fully saturated rings. The summed E-state index contributed by atoms with van der Waals surface area (Å²) in [6.45, 7) is 2.65. The third-order valence-electron chi connectivity index (χ3n) is 2.14. The first-order valence-corrected chi connectivity index (χ1v) is 6.06. The minimum Gasteiger partial charge on any atom is -0.376 e. The molecule has 1 rings (SSSR count). The summed E-state index contributed by atoms with van der Waals surface area (Å²) in [6.07, 6.45) is 0.454. The Kier molecular flexibility index (Phi) is 3.43. The predicted molar refractivity (Wildman–Crippen MR) is 48.0 cm³/mol. The molecule has 1 heterocycles. The van der Waals surface area contributed by atoms with E-state index < -0.39 is 8.80 Å². The summed E-state index contributed by atoms with van der Waals surface area (Å²) in [5, 5.41) is 0. The number of nitrogens with zero attached hydrogens (tertiary/aromatic N) is 1. The summed E-state index contributed by atoms with van der Waals surface area (Å²) in [4.78, 5) is 12.8. The van der Waals surface area contributed by atoms with E-state index in [2.05, 4.69) is 0 Å². The Morgan fingerprint density at radius 1 is 1.46 bits per heavy atom. The van der Waals surface area contributed by atoms with Gasteiger partial charge in [-0.3, -0.25) is 4.79 Å². The highest BCUT2D eigenvalue weighted by atomic mass is 28.4. The third kappa shape index (κ3) is 2.28. The summed E-state index contributed by atoms with van der Waals surface area (Å²) in [7, 11) is 0.558. The maximum Gasteiger partial charge on any atom is 0.521 e. The highest BCUT2D eigenvalue weighted by Gasteiger charge is 2.44. The van der Waals surface area contributed by atoms with Crippen LogP contribution >= 0.6 is 0 Å². The zero-order valence-electron chi connectivity index (χ0n) is 8.20. The van der Waals surface area contributed by atoms with Gasteiger partial charge in [0, 0.05) is 27.7 Å². The van der Waals surface area contributed by atoms with Gasteiger partial charge < -0.3 is 18.2 Å². The van der Waals surface area contributed by atoms with Gasteiger partial charge in [0.25, 0.3) is 0 Å². The van der Waals surface area contributed by atoms with Crippen LogP contribution in [0.5, 0.6) is 0 Å². The van der Waals surface area contributed by atoms with Crippen LogP contribution in [0.2, 0.25) is 0 Å². The van der Waals surface area contributed by atoms with Crippen molar-refractivity contribution in [1.29, 1.82) is 0 Å². The summed E-state index contributed by atoms with van der Waals surface area (Å²) in [6, 6.07) is 0. The highest BCUT2D eigenvalue weighted by Crippen LogP contribution is 2.14. The smallest absolute Gasteiger partial charge is 0.376 e. The Morgan fingerprint density at radius 2 is 2.08 bits per heavy atom. The van der Waals surface area contributed by atoms with E-state index in [1.807, 2.05) is 0 Å². The van der Waals surface area contributed by atoms with Gasteiger partial charge in [0.15, 0.2) is 0 Å². The first kappa shape index (κ1) is 10.6. The van der Waals surface area contributed by atoms with E-state index in [0.717, 1.165) is 0 Å². The lowest BCUT2D eigenvalue weighted by atomic mass is 10.5. The topological polar surface area (TPSA) is 48.0 Å². The molecule has 0 saturated carbocycles. The van der Waals surface area contributed by atoms with Crippen molar-refractivity contribution in [2.75, 3.05) is 33.5 Å². The largest absolute Gasteiger partial charge is 0.521 e. The minimum atomic E-state index is -2.55.